The van der Waals surface area contributed by atoms with Crippen LogP contribution >= 0.6 is 23.2 Å². The van der Waals surface area contributed by atoms with Crippen LogP contribution < -0.4 is 5.32 Å². The third-order valence-corrected chi connectivity index (χ3v) is 5.52. The van der Waals surface area contributed by atoms with Gasteiger partial charge in [-0.2, -0.15) is 0 Å². The third kappa shape index (κ3) is 3.21. The monoisotopic (exact) mass is 356 g/mol. The van der Waals surface area contributed by atoms with E-state index in [1.54, 1.807) is 24.4 Å². The lowest BCUT2D eigenvalue weighted by atomic mass is 10.1. The van der Waals surface area contributed by atoms with Crippen molar-refractivity contribution < 1.29 is 8.42 Å². The highest BCUT2D eigenvalue weighted by atomic mass is 35.5. The van der Waals surface area contributed by atoms with Crippen molar-refractivity contribution in [2.45, 2.75) is 23.3 Å². The minimum atomic E-state index is -3.31. The summed E-state index contributed by atoms with van der Waals surface area (Å²) in [6.45, 7) is 0. The molecule has 7 heteroatoms. The molecular formula is C15H14Cl2N2O2S. The smallest absolute Gasteiger partial charge is 0.179 e. The van der Waals surface area contributed by atoms with Crippen molar-refractivity contribution in [2.75, 3.05) is 11.6 Å². The molecule has 0 amide bonds. The first kappa shape index (κ1) is 15.6. The Bertz CT molecular complexity index is 824. The molecule has 1 aromatic carbocycles. The van der Waals surface area contributed by atoms with Crippen molar-refractivity contribution in [3.8, 4) is 0 Å². The van der Waals surface area contributed by atoms with Gasteiger partial charge in [-0.3, -0.25) is 0 Å². The van der Waals surface area contributed by atoms with Gasteiger partial charge in [0.05, 0.1) is 10.0 Å². The largest absolute Gasteiger partial charge is 0.366 e. The van der Waals surface area contributed by atoms with Gasteiger partial charge in [-0.15, -0.1) is 0 Å². The molecule has 1 N–H and O–H groups in total. The number of hydrogen-bond donors (Lipinski definition) is 1. The van der Waals surface area contributed by atoms with E-state index >= 15 is 0 Å². The molecule has 2 unspecified atom stereocenters. The van der Waals surface area contributed by atoms with Gasteiger partial charge in [0.2, 0.25) is 0 Å². The van der Waals surface area contributed by atoms with Crippen LogP contribution in [0.1, 0.15) is 17.9 Å². The lowest BCUT2D eigenvalue weighted by molar-refractivity contribution is 0.601. The molecule has 1 fully saturated rings. The lowest BCUT2D eigenvalue weighted by Gasteiger charge is -2.09. The fraction of sp³-hybridized carbons (Fsp3) is 0.267. The Labute approximate surface area is 139 Å². The zero-order valence-corrected chi connectivity index (χ0v) is 14.1. The van der Waals surface area contributed by atoms with Crippen LogP contribution in [0.25, 0.3) is 0 Å². The number of hydrogen-bond acceptors (Lipinski definition) is 4. The first-order valence-corrected chi connectivity index (χ1v) is 9.37. The average molecular weight is 357 g/mol. The van der Waals surface area contributed by atoms with Crippen molar-refractivity contribution in [1.29, 1.82) is 0 Å². The quantitative estimate of drug-likeness (QED) is 0.905. The zero-order chi connectivity index (χ0) is 15.9. The highest BCUT2D eigenvalue weighted by molar-refractivity contribution is 7.90. The van der Waals surface area contributed by atoms with Gasteiger partial charge < -0.3 is 5.32 Å². The lowest BCUT2D eigenvalue weighted by Crippen LogP contribution is -2.10. The Morgan fingerprint density at radius 3 is 2.68 bits per heavy atom. The summed E-state index contributed by atoms with van der Waals surface area (Å²) in [6.07, 6.45) is 3.66. The predicted molar refractivity (Wildman–Crippen MR) is 88.6 cm³/mol. The maximum atomic E-state index is 11.8. The summed E-state index contributed by atoms with van der Waals surface area (Å²) in [5.74, 6) is 0.682. The van der Waals surface area contributed by atoms with Crippen LogP contribution in [0, 0.1) is 0 Å². The second kappa shape index (κ2) is 5.72. The minimum absolute atomic E-state index is 0.146. The molecule has 22 heavy (non-hydrogen) atoms. The van der Waals surface area contributed by atoms with Gasteiger partial charge in [-0.25, -0.2) is 13.4 Å². The molecule has 116 valence electrons. The molecule has 0 aliphatic heterocycles. The van der Waals surface area contributed by atoms with Gasteiger partial charge in [0.25, 0.3) is 0 Å². The Morgan fingerprint density at radius 2 is 2.00 bits per heavy atom. The molecule has 4 nitrogen and oxygen atoms in total. The number of halogens is 2. The molecule has 0 radical (unpaired) electrons. The van der Waals surface area contributed by atoms with Crippen LogP contribution in [-0.2, 0) is 9.84 Å². The summed E-state index contributed by atoms with van der Waals surface area (Å²) in [5.41, 5.74) is 1.09. The number of nitrogens with one attached hydrogen (secondary N) is 1. The number of nitrogens with zero attached hydrogens (tertiary/aromatic N) is 1. The van der Waals surface area contributed by atoms with Gasteiger partial charge in [0.1, 0.15) is 10.7 Å². The standard InChI is InChI=1S/C15H14Cl2N2O2S/c1-22(20,21)14-3-2-6-18-15(14)19-13-8-10(13)9-4-5-11(16)12(17)7-9/h2-7,10,13H,8H2,1H3,(H,18,19). The molecule has 1 aromatic heterocycles. The second-order valence-electron chi connectivity index (χ2n) is 5.39. The van der Waals surface area contributed by atoms with E-state index in [1.807, 2.05) is 12.1 Å². The molecule has 1 heterocycles. The van der Waals surface area contributed by atoms with Crippen LogP contribution in [-0.4, -0.2) is 25.7 Å². The molecule has 2 atom stereocenters. The molecular weight excluding hydrogens is 343 g/mol. The van der Waals surface area contributed by atoms with E-state index < -0.39 is 9.84 Å². The van der Waals surface area contributed by atoms with Crippen molar-refractivity contribution in [3.63, 3.8) is 0 Å². The Hall–Kier alpha value is -1.30. The van der Waals surface area contributed by atoms with Crippen LogP contribution in [0.4, 0.5) is 5.82 Å². The predicted octanol–water partition coefficient (Wildman–Crippen LogP) is 3.76. The molecule has 3 rings (SSSR count). The van der Waals surface area contributed by atoms with Gasteiger partial charge in [-0.05, 0) is 36.2 Å². The van der Waals surface area contributed by atoms with Gasteiger partial charge in [0, 0.05) is 24.4 Å². The number of aromatic nitrogens is 1. The van der Waals surface area contributed by atoms with Crippen LogP contribution in [0.3, 0.4) is 0 Å². The number of benzene rings is 1. The SMILES string of the molecule is CS(=O)(=O)c1cccnc1NC1CC1c1ccc(Cl)c(Cl)c1. The van der Waals surface area contributed by atoms with E-state index in [4.69, 9.17) is 23.2 Å². The molecule has 1 aliphatic carbocycles. The molecule has 2 aromatic rings. The van der Waals surface area contributed by atoms with E-state index in [2.05, 4.69) is 10.3 Å². The Balaban J connectivity index is 1.78. The molecule has 0 spiro atoms. The van der Waals surface area contributed by atoms with Crippen molar-refractivity contribution >= 4 is 38.9 Å². The van der Waals surface area contributed by atoms with Crippen molar-refractivity contribution in [2.24, 2.45) is 0 Å². The van der Waals surface area contributed by atoms with Gasteiger partial charge in [-0.1, -0.05) is 29.3 Å². The Kier molecular flexibility index (Phi) is 4.05. The van der Waals surface area contributed by atoms with Crippen molar-refractivity contribution in [3.05, 3.63) is 52.1 Å². The molecule has 1 saturated carbocycles. The molecule has 0 saturated heterocycles. The second-order valence-corrected chi connectivity index (χ2v) is 8.19. The number of sulfone groups is 1. The van der Waals surface area contributed by atoms with Crippen molar-refractivity contribution in [1.82, 2.24) is 4.98 Å². The molecule has 1 aliphatic rings. The van der Waals surface area contributed by atoms with Gasteiger partial charge in [0.15, 0.2) is 9.84 Å². The van der Waals surface area contributed by atoms with Gasteiger partial charge >= 0.3 is 0 Å². The summed E-state index contributed by atoms with van der Waals surface area (Å²) in [6, 6.07) is 8.89. The summed E-state index contributed by atoms with van der Waals surface area (Å²) >= 11 is 12.0. The topological polar surface area (TPSA) is 59.1 Å². The van der Waals surface area contributed by atoms with E-state index in [-0.39, 0.29) is 16.9 Å². The first-order chi connectivity index (χ1) is 10.4. The molecule has 0 bridgehead atoms. The normalized spacial score (nSPS) is 20.7. The van der Waals surface area contributed by atoms with E-state index in [9.17, 15) is 8.42 Å². The fourth-order valence-corrected chi connectivity index (χ4v) is 3.53. The van der Waals surface area contributed by atoms with E-state index in [1.165, 1.54) is 6.26 Å². The van der Waals surface area contributed by atoms with Crippen LogP contribution in [0.2, 0.25) is 10.0 Å². The van der Waals surface area contributed by atoms with E-state index in [0.29, 0.717) is 15.9 Å². The number of rotatable bonds is 4. The highest BCUT2D eigenvalue weighted by Gasteiger charge is 2.39. The zero-order valence-electron chi connectivity index (χ0n) is 11.8. The summed E-state index contributed by atoms with van der Waals surface area (Å²) in [5, 5.41) is 4.26. The van der Waals surface area contributed by atoms with E-state index in [0.717, 1.165) is 12.0 Å². The summed E-state index contributed by atoms with van der Waals surface area (Å²) < 4.78 is 23.6. The fourth-order valence-electron chi connectivity index (χ4n) is 2.44. The maximum Gasteiger partial charge on any atom is 0.179 e. The highest BCUT2D eigenvalue weighted by Crippen LogP contribution is 2.44. The number of pyridine rings is 1. The third-order valence-electron chi connectivity index (χ3n) is 3.65. The first-order valence-electron chi connectivity index (χ1n) is 6.73. The Morgan fingerprint density at radius 1 is 1.23 bits per heavy atom. The summed E-state index contributed by atoms with van der Waals surface area (Å²) in [4.78, 5) is 4.37. The number of anilines is 1. The van der Waals surface area contributed by atoms with Crippen LogP contribution in [0.15, 0.2) is 41.4 Å². The van der Waals surface area contributed by atoms with Crippen LogP contribution in [0.5, 0.6) is 0 Å². The summed E-state index contributed by atoms with van der Waals surface area (Å²) in [7, 11) is -3.31. The maximum absolute atomic E-state index is 11.8. The minimum Gasteiger partial charge on any atom is -0.366 e. The average Bonchev–Trinajstić information content (AvgIpc) is 3.20.